The Labute approximate surface area is 199 Å². The van der Waals surface area contributed by atoms with Gasteiger partial charge in [0.1, 0.15) is 11.6 Å². The van der Waals surface area contributed by atoms with Crippen LogP contribution in [0.2, 0.25) is 0 Å². The molecular formula is C27H29N5O2. The highest BCUT2D eigenvalue weighted by atomic mass is 16.5. The standard InChI is InChI=1S/C27H29N5O2/c1-33-22-5-2-18(3-6-22)26-30-16-21-15-28-17-24(25(21)31-26)19-4-7-23-20(14-19)8-9-29-27(23)32-10-12-34-13-11-32/h4,7-9,14-18,22H,2-3,5-6,10-13H2,1H3. The summed E-state index contributed by atoms with van der Waals surface area (Å²) in [5.41, 5.74) is 3.12. The van der Waals surface area contributed by atoms with E-state index in [1.807, 2.05) is 24.8 Å². The molecule has 0 atom stereocenters. The van der Waals surface area contributed by atoms with E-state index in [1.54, 1.807) is 7.11 Å². The number of aromatic nitrogens is 4. The van der Waals surface area contributed by atoms with Gasteiger partial charge in [-0.2, -0.15) is 0 Å². The Kier molecular flexibility index (Phi) is 5.81. The summed E-state index contributed by atoms with van der Waals surface area (Å²) in [6, 6.07) is 8.64. The Morgan fingerprint density at radius 2 is 1.79 bits per heavy atom. The lowest BCUT2D eigenvalue weighted by Gasteiger charge is -2.28. The van der Waals surface area contributed by atoms with E-state index in [0.29, 0.717) is 12.0 Å². The molecule has 1 saturated heterocycles. The van der Waals surface area contributed by atoms with Crippen molar-refractivity contribution in [3.8, 4) is 11.1 Å². The monoisotopic (exact) mass is 455 g/mol. The van der Waals surface area contributed by atoms with E-state index in [2.05, 4.69) is 39.1 Å². The van der Waals surface area contributed by atoms with E-state index >= 15 is 0 Å². The second kappa shape index (κ2) is 9.24. The zero-order chi connectivity index (χ0) is 22.9. The average molecular weight is 456 g/mol. The molecule has 0 radical (unpaired) electrons. The summed E-state index contributed by atoms with van der Waals surface area (Å²) in [5.74, 6) is 2.35. The molecule has 0 amide bonds. The molecule has 2 aliphatic rings. The molecule has 0 bridgehead atoms. The second-order valence-electron chi connectivity index (χ2n) is 9.23. The first kappa shape index (κ1) is 21.4. The highest BCUT2D eigenvalue weighted by Crippen LogP contribution is 2.35. The van der Waals surface area contributed by atoms with Crippen LogP contribution in [0.1, 0.15) is 37.4 Å². The van der Waals surface area contributed by atoms with Gasteiger partial charge in [0.05, 0.1) is 24.8 Å². The summed E-state index contributed by atoms with van der Waals surface area (Å²) in [7, 11) is 1.81. The number of ether oxygens (including phenoxy) is 2. The summed E-state index contributed by atoms with van der Waals surface area (Å²) in [6.45, 7) is 3.22. The molecule has 4 heterocycles. The molecular weight excluding hydrogens is 426 g/mol. The smallest absolute Gasteiger partial charge is 0.136 e. The number of pyridine rings is 2. The van der Waals surface area contributed by atoms with Crippen LogP contribution in [0.15, 0.2) is 49.1 Å². The molecule has 7 nitrogen and oxygen atoms in total. The molecule has 1 aliphatic carbocycles. The quantitative estimate of drug-likeness (QED) is 0.440. The lowest BCUT2D eigenvalue weighted by atomic mass is 9.86. The first-order valence-electron chi connectivity index (χ1n) is 12.2. The molecule has 174 valence electrons. The molecule has 4 aromatic rings. The van der Waals surface area contributed by atoms with E-state index < -0.39 is 0 Å². The van der Waals surface area contributed by atoms with Crippen molar-refractivity contribution in [2.24, 2.45) is 0 Å². The number of nitrogens with zero attached hydrogens (tertiary/aromatic N) is 5. The normalized spacial score (nSPS) is 21.3. The number of morpholine rings is 1. The zero-order valence-electron chi connectivity index (χ0n) is 19.5. The molecule has 1 saturated carbocycles. The van der Waals surface area contributed by atoms with E-state index in [1.165, 1.54) is 0 Å². The molecule has 6 rings (SSSR count). The second-order valence-corrected chi connectivity index (χ2v) is 9.23. The van der Waals surface area contributed by atoms with E-state index in [9.17, 15) is 0 Å². The largest absolute Gasteiger partial charge is 0.381 e. The number of fused-ring (bicyclic) bond motifs is 2. The van der Waals surface area contributed by atoms with Gasteiger partial charge in [-0.25, -0.2) is 15.0 Å². The number of hydrogen-bond acceptors (Lipinski definition) is 7. The van der Waals surface area contributed by atoms with Gasteiger partial charge in [-0.1, -0.05) is 12.1 Å². The molecule has 34 heavy (non-hydrogen) atoms. The fourth-order valence-corrected chi connectivity index (χ4v) is 5.29. The third-order valence-corrected chi connectivity index (χ3v) is 7.25. The van der Waals surface area contributed by atoms with Crippen LogP contribution in [-0.4, -0.2) is 59.5 Å². The van der Waals surface area contributed by atoms with Gasteiger partial charge >= 0.3 is 0 Å². The van der Waals surface area contributed by atoms with Gasteiger partial charge < -0.3 is 14.4 Å². The van der Waals surface area contributed by atoms with Gasteiger partial charge in [-0.15, -0.1) is 0 Å². The summed E-state index contributed by atoms with van der Waals surface area (Å²) in [4.78, 5) is 21.3. The van der Waals surface area contributed by atoms with Crippen LogP contribution < -0.4 is 4.90 Å². The highest BCUT2D eigenvalue weighted by Gasteiger charge is 2.24. The van der Waals surface area contributed by atoms with Crippen LogP contribution in [0.5, 0.6) is 0 Å². The predicted octanol–water partition coefficient (Wildman–Crippen LogP) is 4.75. The molecule has 1 aliphatic heterocycles. The van der Waals surface area contributed by atoms with Crippen LogP contribution in [0.4, 0.5) is 5.82 Å². The van der Waals surface area contributed by atoms with Crippen molar-refractivity contribution in [2.45, 2.75) is 37.7 Å². The number of methoxy groups -OCH3 is 1. The van der Waals surface area contributed by atoms with E-state index in [-0.39, 0.29) is 0 Å². The van der Waals surface area contributed by atoms with Gasteiger partial charge in [0.25, 0.3) is 0 Å². The summed E-state index contributed by atoms with van der Waals surface area (Å²) in [5, 5.41) is 3.29. The van der Waals surface area contributed by atoms with Crippen molar-refractivity contribution in [3.05, 3.63) is 54.9 Å². The van der Waals surface area contributed by atoms with Gasteiger partial charge in [0.15, 0.2) is 0 Å². The third-order valence-electron chi connectivity index (χ3n) is 7.25. The average Bonchev–Trinajstić information content (AvgIpc) is 2.92. The van der Waals surface area contributed by atoms with Crippen molar-refractivity contribution in [1.82, 2.24) is 19.9 Å². The van der Waals surface area contributed by atoms with Gasteiger partial charge in [-0.05, 0) is 48.8 Å². The Morgan fingerprint density at radius 1 is 0.941 bits per heavy atom. The Balaban J connectivity index is 1.38. The minimum atomic E-state index is 0.367. The Morgan fingerprint density at radius 3 is 2.62 bits per heavy atom. The van der Waals surface area contributed by atoms with Crippen molar-refractivity contribution in [3.63, 3.8) is 0 Å². The first-order valence-corrected chi connectivity index (χ1v) is 12.2. The van der Waals surface area contributed by atoms with Crippen LogP contribution >= 0.6 is 0 Å². The fourth-order valence-electron chi connectivity index (χ4n) is 5.29. The minimum absolute atomic E-state index is 0.367. The number of benzene rings is 1. The van der Waals surface area contributed by atoms with Crippen LogP contribution in [-0.2, 0) is 9.47 Å². The zero-order valence-corrected chi connectivity index (χ0v) is 19.5. The minimum Gasteiger partial charge on any atom is -0.381 e. The van der Waals surface area contributed by atoms with Crippen LogP contribution in [0.25, 0.3) is 32.8 Å². The Hall–Kier alpha value is -3.16. The lowest BCUT2D eigenvalue weighted by Crippen LogP contribution is -2.36. The van der Waals surface area contributed by atoms with Gasteiger partial charge in [0, 0.05) is 67.2 Å². The molecule has 0 N–H and O–H groups in total. The van der Waals surface area contributed by atoms with Crippen molar-refractivity contribution in [1.29, 1.82) is 0 Å². The molecule has 0 unspecified atom stereocenters. The molecule has 2 fully saturated rings. The summed E-state index contributed by atoms with van der Waals surface area (Å²) >= 11 is 0. The van der Waals surface area contributed by atoms with E-state index in [4.69, 9.17) is 19.4 Å². The third kappa shape index (κ3) is 3.99. The van der Waals surface area contributed by atoms with Crippen molar-refractivity contribution in [2.75, 3.05) is 38.3 Å². The van der Waals surface area contributed by atoms with Crippen molar-refractivity contribution < 1.29 is 9.47 Å². The SMILES string of the molecule is COC1CCC(c2ncc3cncc(-c4ccc5c(N6CCOCC6)nccc5c4)c3n2)CC1. The summed E-state index contributed by atoms with van der Waals surface area (Å²) in [6.07, 6.45) is 12.2. The number of hydrogen-bond donors (Lipinski definition) is 0. The number of rotatable bonds is 4. The molecule has 0 spiro atoms. The van der Waals surface area contributed by atoms with Gasteiger partial charge in [-0.3, -0.25) is 4.98 Å². The maximum atomic E-state index is 5.54. The fraction of sp³-hybridized carbons (Fsp3) is 0.407. The molecule has 1 aromatic carbocycles. The van der Waals surface area contributed by atoms with Crippen LogP contribution in [0, 0.1) is 0 Å². The maximum absolute atomic E-state index is 5.54. The predicted molar refractivity (Wildman–Crippen MR) is 133 cm³/mol. The first-order chi connectivity index (χ1) is 16.8. The van der Waals surface area contributed by atoms with Gasteiger partial charge in [0.2, 0.25) is 0 Å². The van der Waals surface area contributed by atoms with E-state index in [0.717, 1.165) is 96.4 Å². The number of anilines is 1. The van der Waals surface area contributed by atoms with Crippen molar-refractivity contribution >= 4 is 27.5 Å². The topological polar surface area (TPSA) is 73.3 Å². The lowest BCUT2D eigenvalue weighted by molar-refractivity contribution is 0.0651. The Bertz CT molecular complexity index is 1310. The molecule has 3 aromatic heterocycles. The maximum Gasteiger partial charge on any atom is 0.136 e. The summed E-state index contributed by atoms with van der Waals surface area (Å²) < 4.78 is 11.1. The molecule has 7 heteroatoms. The highest BCUT2D eigenvalue weighted by molar-refractivity contribution is 5.98. The van der Waals surface area contributed by atoms with Crippen LogP contribution in [0.3, 0.4) is 0 Å².